The van der Waals surface area contributed by atoms with Crippen molar-refractivity contribution >= 4 is 29.9 Å². The summed E-state index contributed by atoms with van der Waals surface area (Å²) < 4.78 is 52.2. The van der Waals surface area contributed by atoms with E-state index in [1.807, 2.05) is 19.1 Å². The minimum atomic E-state index is -4.17. The predicted molar refractivity (Wildman–Crippen MR) is 122 cm³/mol. The van der Waals surface area contributed by atoms with E-state index in [-0.39, 0.29) is 47.7 Å². The van der Waals surface area contributed by atoms with Crippen LogP contribution in [0.1, 0.15) is 38.2 Å². The highest BCUT2D eigenvalue weighted by atomic mass is 127. The Balaban J connectivity index is 0.00000320. The van der Waals surface area contributed by atoms with E-state index in [0.29, 0.717) is 26.2 Å². The number of hydrogen-bond acceptors (Lipinski definition) is 2. The maximum Gasteiger partial charge on any atom is 0.401 e. The molecule has 3 rings (SSSR count). The Bertz CT molecular complexity index is 712. The first-order valence-electron chi connectivity index (χ1n) is 10.4. The third-order valence-corrected chi connectivity index (χ3v) is 5.67. The summed E-state index contributed by atoms with van der Waals surface area (Å²) in [5.41, 5.74) is 0.728. The molecule has 2 aliphatic rings. The van der Waals surface area contributed by atoms with E-state index < -0.39 is 12.7 Å². The Morgan fingerprint density at radius 1 is 1.27 bits per heavy atom. The first-order chi connectivity index (χ1) is 13.8. The van der Waals surface area contributed by atoms with Crippen molar-refractivity contribution in [3.05, 3.63) is 35.6 Å². The molecule has 9 heteroatoms. The molecule has 3 unspecified atom stereocenters. The van der Waals surface area contributed by atoms with Gasteiger partial charge in [-0.3, -0.25) is 9.89 Å². The molecule has 1 aromatic carbocycles. The monoisotopic (exact) mass is 542 g/mol. The predicted octanol–water partition coefficient (Wildman–Crippen LogP) is 4.47. The van der Waals surface area contributed by atoms with Gasteiger partial charge in [0, 0.05) is 38.1 Å². The first kappa shape index (κ1) is 25.2. The zero-order chi connectivity index (χ0) is 21.0. The second-order valence-electron chi connectivity index (χ2n) is 7.96. The van der Waals surface area contributed by atoms with Crippen molar-refractivity contribution in [3.8, 4) is 0 Å². The van der Waals surface area contributed by atoms with E-state index in [2.05, 4.69) is 15.2 Å². The molecule has 4 nitrogen and oxygen atoms in total. The van der Waals surface area contributed by atoms with Crippen LogP contribution in [0, 0.1) is 11.7 Å². The second kappa shape index (κ2) is 11.0. The number of hydrogen-bond donors (Lipinski definition) is 1. The Morgan fingerprint density at radius 2 is 2.00 bits per heavy atom. The molecular formula is C21H31F4IN4. The number of benzene rings is 1. The van der Waals surface area contributed by atoms with Crippen LogP contribution in [0.3, 0.4) is 0 Å². The lowest BCUT2D eigenvalue weighted by molar-refractivity contribution is -0.146. The summed E-state index contributed by atoms with van der Waals surface area (Å²) in [6.45, 7) is 5.77. The van der Waals surface area contributed by atoms with Crippen molar-refractivity contribution in [2.45, 2.75) is 44.8 Å². The molecule has 1 aliphatic carbocycles. The second-order valence-corrected chi connectivity index (χ2v) is 7.96. The van der Waals surface area contributed by atoms with Gasteiger partial charge in [0.05, 0.1) is 6.54 Å². The SMILES string of the molecule is CCN=C(NC1CC1c1ccccc1F)N1CCC(CN(CC)CC(F)(F)F)C1.I. The van der Waals surface area contributed by atoms with Gasteiger partial charge in [-0.25, -0.2) is 4.39 Å². The zero-order valence-corrected chi connectivity index (χ0v) is 19.8. The summed E-state index contributed by atoms with van der Waals surface area (Å²) in [4.78, 5) is 8.17. The van der Waals surface area contributed by atoms with Crippen molar-refractivity contribution in [3.63, 3.8) is 0 Å². The summed E-state index contributed by atoms with van der Waals surface area (Å²) in [5.74, 6) is 0.931. The number of nitrogens with one attached hydrogen (secondary N) is 1. The fraction of sp³-hybridized carbons (Fsp3) is 0.667. The van der Waals surface area contributed by atoms with Crippen LogP contribution >= 0.6 is 24.0 Å². The van der Waals surface area contributed by atoms with Crippen LogP contribution in [0.4, 0.5) is 17.6 Å². The van der Waals surface area contributed by atoms with Crippen molar-refractivity contribution in [2.24, 2.45) is 10.9 Å². The molecule has 1 aliphatic heterocycles. The number of nitrogens with zero attached hydrogens (tertiary/aromatic N) is 3. The van der Waals surface area contributed by atoms with Crippen LogP contribution in [0.15, 0.2) is 29.3 Å². The van der Waals surface area contributed by atoms with E-state index in [1.165, 1.54) is 11.0 Å². The average molecular weight is 542 g/mol. The fourth-order valence-corrected chi connectivity index (χ4v) is 4.12. The largest absolute Gasteiger partial charge is 0.401 e. The molecule has 0 radical (unpaired) electrons. The molecule has 0 amide bonds. The number of rotatable bonds is 7. The lowest BCUT2D eigenvalue weighted by Gasteiger charge is -2.26. The lowest BCUT2D eigenvalue weighted by atomic mass is 10.1. The smallest absolute Gasteiger partial charge is 0.353 e. The minimum Gasteiger partial charge on any atom is -0.353 e. The van der Waals surface area contributed by atoms with E-state index in [1.54, 1.807) is 13.0 Å². The Kier molecular flexibility index (Phi) is 9.20. The van der Waals surface area contributed by atoms with Gasteiger partial charge in [0.15, 0.2) is 5.96 Å². The average Bonchev–Trinajstić information content (AvgIpc) is 3.26. The van der Waals surface area contributed by atoms with Gasteiger partial charge in [-0.05, 0) is 43.9 Å². The van der Waals surface area contributed by atoms with Crippen LogP contribution in [0.25, 0.3) is 0 Å². The molecule has 170 valence electrons. The maximum atomic E-state index is 14.0. The molecule has 2 fully saturated rings. The summed E-state index contributed by atoms with van der Waals surface area (Å²) in [7, 11) is 0. The van der Waals surface area contributed by atoms with Gasteiger partial charge in [-0.15, -0.1) is 24.0 Å². The molecule has 1 saturated carbocycles. The third kappa shape index (κ3) is 6.96. The zero-order valence-electron chi connectivity index (χ0n) is 17.5. The van der Waals surface area contributed by atoms with Gasteiger partial charge in [0.2, 0.25) is 0 Å². The molecule has 0 bridgehead atoms. The van der Waals surface area contributed by atoms with Crippen LogP contribution in [-0.2, 0) is 0 Å². The number of halogens is 5. The van der Waals surface area contributed by atoms with Crippen LogP contribution in [0.5, 0.6) is 0 Å². The topological polar surface area (TPSA) is 30.9 Å². The molecule has 0 spiro atoms. The van der Waals surface area contributed by atoms with Crippen molar-refractivity contribution in [1.82, 2.24) is 15.1 Å². The maximum absolute atomic E-state index is 14.0. The molecule has 30 heavy (non-hydrogen) atoms. The summed E-state index contributed by atoms with van der Waals surface area (Å²) in [6, 6.07) is 6.99. The van der Waals surface area contributed by atoms with E-state index in [4.69, 9.17) is 0 Å². The molecule has 1 heterocycles. The number of alkyl halides is 3. The first-order valence-corrected chi connectivity index (χ1v) is 10.4. The van der Waals surface area contributed by atoms with Gasteiger partial charge in [-0.2, -0.15) is 13.2 Å². The molecule has 1 N–H and O–H groups in total. The summed E-state index contributed by atoms with van der Waals surface area (Å²) in [5, 5.41) is 3.45. The standard InChI is InChI=1S/C21H30F4N4.HI/c1-3-26-20(27-19-11-17(19)16-7-5-6-8-18(16)22)29-10-9-15(13-29)12-28(4-2)14-21(23,24)25;/h5-8,15,17,19H,3-4,9-14H2,1-2H3,(H,26,27);1H. The Hall–Kier alpha value is -1.10. The van der Waals surface area contributed by atoms with Gasteiger partial charge in [0.1, 0.15) is 5.82 Å². The number of aliphatic imine (C=N–C) groups is 1. The molecule has 3 atom stereocenters. The van der Waals surface area contributed by atoms with E-state index in [9.17, 15) is 17.6 Å². The summed E-state index contributed by atoms with van der Waals surface area (Å²) in [6.07, 6.45) is -2.46. The lowest BCUT2D eigenvalue weighted by Crippen LogP contribution is -2.43. The highest BCUT2D eigenvalue weighted by Gasteiger charge is 2.41. The van der Waals surface area contributed by atoms with Crippen molar-refractivity contribution in [2.75, 3.05) is 39.3 Å². The highest BCUT2D eigenvalue weighted by Crippen LogP contribution is 2.42. The van der Waals surface area contributed by atoms with Crippen molar-refractivity contribution in [1.29, 1.82) is 0 Å². The van der Waals surface area contributed by atoms with Crippen molar-refractivity contribution < 1.29 is 17.6 Å². The molecule has 1 saturated heterocycles. The molecule has 1 aromatic rings. The fourth-order valence-electron chi connectivity index (χ4n) is 4.12. The van der Waals surface area contributed by atoms with E-state index in [0.717, 1.165) is 30.9 Å². The van der Waals surface area contributed by atoms with Gasteiger partial charge < -0.3 is 10.2 Å². The molecular weight excluding hydrogens is 511 g/mol. The van der Waals surface area contributed by atoms with Crippen LogP contribution in [0.2, 0.25) is 0 Å². The van der Waals surface area contributed by atoms with Gasteiger partial charge in [-0.1, -0.05) is 25.1 Å². The Labute approximate surface area is 193 Å². The highest BCUT2D eigenvalue weighted by molar-refractivity contribution is 14.0. The quantitative estimate of drug-likeness (QED) is 0.239. The van der Waals surface area contributed by atoms with Crippen LogP contribution < -0.4 is 5.32 Å². The third-order valence-electron chi connectivity index (χ3n) is 5.67. The van der Waals surface area contributed by atoms with Crippen LogP contribution in [-0.4, -0.2) is 67.2 Å². The van der Waals surface area contributed by atoms with Gasteiger partial charge >= 0.3 is 6.18 Å². The normalized spacial score (nSPS) is 24.2. The van der Waals surface area contributed by atoms with Gasteiger partial charge in [0.25, 0.3) is 0 Å². The number of guanidine groups is 1. The molecule has 0 aromatic heterocycles. The summed E-state index contributed by atoms with van der Waals surface area (Å²) >= 11 is 0. The Morgan fingerprint density at radius 3 is 2.63 bits per heavy atom. The van der Waals surface area contributed by atoms with E-state index >= 15 is 0 Å². The minimum absolute atomic E-state index is 0. The number of likely N-dealkylation sites (tertiary alicyclic amines) is 1.